The van der Waals surface area contributed by atoms with Crippen LogP contribution in [-0.2, 0) is 4.74 Å². The van der Waals surface area contributed by atoms with Gasteiger partial charge in [-0.1, -0.05) is 6.07 Å². The molecule has 0 aliphatic carbocycles. The fourth-order valence-corrected chi connectivity index (χ4v) is 3.54. The Bertz CT molecular complexity index is 1170. The number of methoxy groups -OCH3 is 1. The maximum atomic E-state index is 12.9. The monoisotopic (exact) mass is 446 g/mol. The van der Waals surface area contributed by atoms with Gasteiger partial charge in [0, 0.05) is 6.07 Å². The summed E-state index contributed by atoms with van der Waals surface area (Å²) in [6.07, 6.45) is -6.06. The molecule has 3 aromatic rings. The minimum absolute atomic E-state index is 0.0342. The molecule has 0 radical (unpaired) electrons. The molecule has 10 heteroatoms. The Hall–Kier alpha value is -3.15. The van der Waals surface area contributed by atoms with Gasteiger partial charge in [-0.2, -0.15) is 0 Å². The molecule has 1 fully saturated rings. The van der Waals surface area contributed by atoms with E-state index in [1.807, 2.05) is 0 Å². The fourth-order valence-electron chi connectivity index (χ4n) is 3.54. The fraction of sp³-hybridized carbons (Fsp3) is 0.318. The van der Waals surface area contributed by atoms with Gasteiger partial charge in [0.05, 0.1) is 24.7 Å². The summed E-state index contributed by atoms with van der Waals surface area (Å²) < 4.78 is 21.8. The zero-order chi connectivity index (χ0) is 23.0. The van der Waals surface area contributed by atoms with Gasteiger partial charge >= 0.3 is 0 Å². The SMILES string of the molecule is COc1ccc(-c2coc3cc(O)ccc3c2=O)cc1OC1OC(CO)C(O)C(O)C1O. The van der Waals surface area contributed by atoms with Gasteiger partial charge < -0.3 is 44.2 Å². The Morgan fingerprint density at radius 3 is 2.50 bits per heavy atom. The molecule has 1 aromatic heterocycles. The van der Waals surface area contributed by atoms with Crippen LogP contribution in [0.1, 0.15) is 0 Å². The van der Waals surface area contributed by atoms with Crippen LogP contribution in [0.2, 0.25) is 0 Å². The molecule has 170 valence electrons. The minimum atomic E-state index is -1.61. The average Bonchev–Trinajstić information content (AvgIpc) is 2.79. The van der Waals surface area contributed by atoms with E-state index in [2.05, 4.69) is 0 Å². The molecular formula is C22H22O10. The molecule has 10 nitrogen and oxygen atoms in total. The van der Waals surface area contributed by atoms with Crippen LogP contribution in [0.15, 0.2) is 51.9 Å². The zero-order valence-corrected chi connectivity index (χ0v) is 16.9. The molecule has 0 spiro atoms. The van der Waals surface area contributed by atoms with Crippen molar-refractivity contribution >= 4 is 11.0 Å². The Kier molecular flexibility index (Phi) is 6.04. The maximum absolute atomic E-state index is 12.9. The van der Waals surface area contributed by atoms with Crippen LogP contribution >= 0.6 is 0 Å². The lowest BCUT2D eigenvalue weighted by molar-refractivity contribution is -0.277. The van der Waals surface area contributed by atoms with E-state index >= 15 is 0 Å². The Morgan fingerprint density at radius 2 is 1.78 bits per heavy atom. The normalized spacial score (nSPS) is 25.6. The van der Waals surface area contributed by atoms with Crippen LogP contribution < -0.4 is 14.9 Å². The van der Waals surface area contributed by atoms with Crippen LogP contribution in [0.4, 0.5) is 0 Å². The predicted octanol–water partition coefficient (Wildman–Crippen LogP) is 0.353. The van der Waals surface area contributed by atoms with Crippen molar-refractivity contribution in [2.45, 2.75) is 30.7 Å². The lowest BCUT2D eigenvalue weighted by atomic mass is 9.99. The van der Waals surface area contributed by atoms with E-state index in [1.165, 1.54) is 43.7 Å². The molecule has 5 atom stereocenters. The standard InChI is InChI=1S/C22H22O10/c1-29-14-5-2-10(13-9-30-15-7-11(24)3-4-12(15)18(13)25)6-16(14)31-22-21(28)20(27)19(26)17(8-23)32-22/h2-7,9,17,19-24,26-28H,8H2,1H3. The zero-order valence-electron chi connectivity index (χ0n) is 16.9. The second-order valence-electron chi connectivity index (χ2n) is 7.34. The molecule has 2 aromatic carbocycles. The van der Waals surface area contributed by atoms with Gasteiger partial charge in [0.25, 0.3) is 0 Å². The highest BCUT2D eigenvalue weighted by Gasteiger charge is 2.45. The van der Waals surface area contributed by atoms with Crippen molar-refractivity contribution in [3.63, 3.8) is 0 Å². The summed E-state index contributed by atoms with van der Waals surface area (Å²) >= 11 is 0. The maximum Gasteiger partial charge on any atom is 0.229 e. The van der Waals surface area contributed by atoms with E-state index in [9.17, 15) is 30.3 Å². The summed E-state index contributed by atoms with van der Waals surface area (Å²) in [6.45, 7) is -0.602. The summed E-state index contributed by atoms with van der Waals surface area (Å²) in [5.74, 6) is 0.299. The van der Waals surface area contributed by atoms with Gasteiger partial charge in [-0.3, -0.25) is 4.79 Å². The molecule has 1 aliphatic rings. The van der Waals surface area contributed by atoms with E-state index in [1.54, 1.807) is 6.07 Å². The number of aliphatic hydroxyl groups excluding tert-OH is 4. The Morgan fingerprint density at radius 1 is 1.00 bits per heavy atom. The molecule has 0 amide bonds. The molecule has 32 heavy (non-hydrogen) atoms. The van der Waals surface area contributed by atoms with E-state index in [0.29, 0.717) is 5.56 Å². The quantitative estimate of drug-likeness (QED) is 0.370. The van der Waals surface area contributed by atoms with Crippen molar-refractivity contribution in [1.29, 1.82) is 0 Å². The van der Waals surface area contributed by atoms with E-state index in [4.69, 9.17) is 18.6 Å². The van der Waals surface area contributed by atoms with Crippen LogP contribution in [0.5, 0.6) is 17.2 Å². The van der Waals surface area contributed by atoms with Gasteiger partial charge in [0.15, 0.2) is 16.9 Å². The Balaban J connectivity index is 1.71. The first-order chi connectivity index (χ1) is 15.3. The lowest BCUT2D eigenvalue weighted by Crippen LogP contribution is -2.60. The third-order valence-corrected chi connectivity index (χ3v) is 5.32. The molecule has 2 heterocycles. The van der Waals surface area contributed by atoms with Gasteiger partial charge in [-0.15, -0.1) is 0 Å². The predicted molar refractivity (Wildman–Crippen MR) is 111 cm³/mol. The third kappa shape index (κ3) is 3.90. The number of aliphatic hydroxyl groups is 4. The van der Waals surface area contributed by atoms with Crippen LogP contribution in [0.3, 0.4) is 0 Å². The van der Waals surface area contributed by atoms with Crippen molar-refractivity contribution in [2.24, 2.45) is 0 Å². The molecule has 1 saturated heterocycles. The van der Waals surface area contributed by atoms with Crippen molar-refractivity contribution in [3.8, 4) is 28.4 Å². The highest BCUT2D eigenvalue weighted by atomic mass is 16.7. The van der Waals surface area contributed by atoms with Gasteiger partial charge in [-0.05, 0) is 29.8 Å². The topological polar surface area (TPSA) is 159 Å². The first-order valence-corrected chi connectivity index (χ1v) is 9.74. The summed E-state index contributed by atoms with van der Waals surface area (Å²) in [7, 11) is 1.39. The van der Waals surface area contributed by atoms with Crippen LogP contribution in [0, 0.1) is 0 Å². The number of fused-ring (bicyclic) bond motifs is 1. The number of hydrogen-bond donors (Lipinski definition) is 5. The minimum Gasteiger partial charge on any atom is -0.508 e. The van der Waals surface area contributed by atoms with Crippen molar-refractivity contribution < 1.29 is 44.2 Å². The largest absolute Gasteiger partial charge is 0.508 e. The highest BCUT2D eigenvalue weighted by molar-refractivity contribution is 5.82. The summed E-state index contributed by atoms with van der Waals surface area (Å²) in [5.41, 5.74) is 0.513. The van der Waals surface area contributed by atoms with Gasteiger partial charge in [-0.25, -0.2) is 0 Å². The number of phenols is 1. The summed E-state index contributed by atoms with van der Waals surface area (Å²) in [4.78, 5) is 12.9. The number of phenolic OH excluding ortho intramolecular Hbond substituents is 1. The smallest absolute Gasteiger partial charge is 0.229 e. The number of ether oxygens (including phenoxy) is 3. The molecule has 0 saturated carbocycles. The highest BCUT2D eigenvalue weighted by Crippen LogP contribution is 2.35. The molecule has 1 aliphatic heterocycles. The number of benzene rings is 2. The number of hydrogen-bond acceptors (Lipinski definition) is 10. The van der Waals surface area contributed by atoms with E-state index < -0.39 is 37.3 Å². The summed E-state index contributed by atoms with van der Waals surface area (Å²) in [6, 6.07) is 8.78. The van der Waals surface area contributed by atoms with Crippen molar-refractivity contribution in [1.82, 2.24) is 0 Å². The first-order valence-electron chi connectivity index (χ1n) is 9.74. The Labute approximate surface area is 181 Å². The van der Waals surface area contributed by atoms with E-state index in [0.717, 1.165) is 0 Å². The number of rotatable bonds is 5. The molecule has 5 unspecified atom stereocenters. The number of aromatic hydroxyl groups is 1. The second-order valence-corrected chi connectivity index (χ2v) is 7.34. The molecular weight excluding hydrogens is 424 g/mol. The average molecular weight is 446 g/mol. The molecule has 5 N–H and O–H groups in total. The van der Waals surface area contributed by atoms with E-state index in [-0.39, 0.29) is 39.2 Å². The molecule has 4 rings (SSSR count). The van der Waals surface area contributed by atoms with Crippen molar-refractivity contribution in [3.05, 3.63) is 52.9 Å². The van der Waals surface area contributed by atoms with Crippen LogP contribution in [-0.4, -0.2) is 70.0 Å². The van der Waals surface area contributed by atoms with Gasteiger partial charge in [0.1, 0.15) is 42.0 Å². The van der Waals surface area contributed by atoms with Crippen molar-refractivity contribution in [2.75, 3.05) is 13.7 Å². The summed E-state index contributed by atoms with van der Waals surface area (Å²) in [5, 5.41) is 49.4. The van der Waals surface area contributed by atoms with Gasteiger partial charge in [0.2, 0.25) is 6.29 Å². The second kappa shape index (κ2) is 8.77. The first kappa shape index (κ1) is 22.1. The third-order valence-electron chi connectivity index (χ3n) is 5.32. The molecule has 0 bridgehead atoms. The lowest BCUT2D eigenvalue weighted by Gasteiger charge is -2.39. The van der Waals surface area contributed by atoms with Crippen LogP contribution in [0.25, 0.3) is 22.1 Å².